The molecule has 0 aliphatic heterocycles. The summed E-state index contributed by atoms with van der Waals surface area (Å²) in [5, 5.41) is 9.38. The highest BCUT2D eigenvalue weighted by atomic mass is 35.5. The lowest BCUT2D eigenvalue weighted by molar-refractivity contribution is 0.0691. The van der Waals surface area contributed by atoms with Gasteiger partial charge >= 0.3 is 5.97 Å². The highest BCUT2D eigenvalue weighted by Crippen LogP contribution is 2.17. The topological polar surface area (TPSA) is 74.6 Å². The number of rotatable bonds is 3. The second-order valence-electron chi connectivity index (χ2n) is 4.82. The van der Waals surface area contributed by atoms with E-state index in [-0.39, 0.29) is 11.1 Å². The predicted octanol–water partition coefficient (Wildman–Crippen LogP) is 2.71. The van der Waals surface area contributed by atoms with Crippen LogP contribution in [0.4, 0.5) is 4.39 Å². The van der Waals surface area contributed by atoms with Gasteiger partial charge in [0.2, 0.25) is 0 Å². The normalized spacial score (nSPS) is 11.0. The summed E-state index contributed by atoms with van der Waals surface area (Å²) in [5.41, 5.74) is 1.04. The number of fused-ring (bicyclic) bond motifs is 1. The van der Waals surface area contributed by atoms with Gasteiger partial charge in [-0.1, -0.05) is 17.7 Å². The number of halogens is 2. The van der Waals surface area contributed by atoms with Crippen LogP contribution >= 0.6 is 11.6 Å². The minimum absolute atomic E-state index is 0.277. The number of carboxylic acids is 1. The molecule has 0 bridgehead atoms. The summed E-state index contributed by atoms with van der Waals surface area (Å²) in [6.45, 7) is 0. The molecule has 2 N–H and O–H groups in total. The number of nitrogens with one attached hydrogen (secondary N) is 1. The number of carboxylic acid groups (broad SMARTS) is 1. The summed E-state index contributed by atoms with van der Waals surface area (Å²) in [5.74, 6) is -2.11. The molecule has 5 nitrogen and oxygen atoms in total. The molecule has 2 heterocycles. The molecule has 0 saturated carbocycles. The van der Waals surface area contributed by atoms with Gasteiger partial charge in [-0.3, -0.25) is 4.79 Å². The maximum absolute atomic E-state index is 13.4. The van der Waals surface area contributed by atoms with E-state index in [1.807, 2.05) is 0 Å². The molecule has 0 fully saturated rings. The summed E-state index contributed by atoms with van der Waals surface area (Å²) >= 11 is 5.92. The number of benzene rings is 1. The first-order chi connectivity index (χ1) is 10.5. The van der Waals surface area contributed by atoms with Gasteiger partial charge in [-0.2, -0.15) is 0 Å². The maximum atomic E-state index is 13.4. The number of hydrogen-bond acceptors (Lipinski definition) is 2. The highest BCUT2D eigenvalue weighted by Gasteiger charge is 2.12. The van der Waals surface area contributed by atoms with Crippen LogP contribution in [0.1, 0.15) is 21.6 Å². The van der Waals surface area contributed by atoms with E-state index in [9.17, 15) is 14.0 Å². The van der Waals surface area contributed by atoms with Gasteiger partial charge in [0.25, 0.3) is 5.56 Å². The van der Waals surface area contributed by atoms with Crippen molar-refractivity contribution >= 4 is 23.1 Å². The first kappa shape index (κ1) is 14.3. The number of H-pyrrole nitrogens is 1. The highest BCUT2D eigenvalue weighted by molar-refractivity contribution is 6.31. The lowest BCUT2D eigenvalue weighted by Gasteiger charge is -2.07. The Hall–Kier alpha value is -2.60. The van der Waals surface area contributed by atoms with Crippen LogP contribution in [0.3, 0.4) is 0 Å². The molecule has 0 radical (unpaired) electrons. The number of aromatic nitrogens is 2. The van der Waals surface area contributed by atoms with Crippen molar-refractivity contribution in [1.82, 2.24) is 9.38 Å². The fourth-order valence-corrected chi connectivity index (χ4v) is 2.53. The number of aromatic amines is 1. The van der Waals surface area contributed by atoms with E-state index in [0.29, 0.717) is 28.2 Å². The predicted molar refractivity (Wildman–Crippen MR) is 79.2 cm³/mol. The molecule has 0 unspecified atom stereocenters. The average molecular weight is 321 g/mol. The fraction of sp³-hybridized carbons (Fsp3) is 0.0667. The Morgan fingerprint density at radius 1 is 1.36 bits per heavy atom. The van der Waals surface area contributed by atoms with E-state index >= 15 is 0 Å². The Labute approximate surface area is 128 Å². The second-order valence-corrected chi connectivity index (χ2v) is 5.26. The van der Waals surface area contributed by atoms with Crippen LogP contribution < -0.4 is 5.56 Å². The first-order valence-corrected chi connectivity index (χ1v) is 6.73. The van der Waals surface area contributed by atoms with Gasteiger partial charge in [-0.15, -0.1) is 0 Å². The van der Waals surface area contributed by atoms with Crippen molar-refractivity contribution in [1.29, 1.82) is 0 Å². The number of hydrogen-bond donors (Lipinski definition) is 2. The quantitative estimate of drug-likeness (QED) is 0.779. The number of aromatic carboxylic acids is 1. The molecule has 0 amide bonds. The summed E-state index contributed by atoms with van der Waals surface area (Å²) in [6.07, 6.45) is 3.44. The zero-order chi connectivity index (χ0) is 15.9. The summed E-state index contributed by atoms with van der Waals surface area (Å²) < 4.78 is 15.0. The SMILES string of the molecule is O=C(O)c1cc(Cc2c[nH]c(=O)c3cc(Cl)cn23)ccc1F. The van der Waals surface area contributed by atoms with Crippen LogP contribution in [-0.2, 0) is 6.42 Å². The molecular weight excluding hydrogens is 311 g/mol. The van der Waals surface area contributed by atoms with E-state index in [0.717, 1.165) is 6.07 Å². The molecule has 112 valence electrons. The van der Waals surface area contributed by atoms with Crippen molar-refractivity contribution in [3.8, 4) is 0 Å². The van der Waals surface area contributed by atoms with Gasteiger partial charge in [0, 0.05) is 24.5 Å². The number of nitrogens with zero attached hydrogens (tertiary/aromatic N) is 1. The molecule has 0 aliphatic carbocycles. The average Bonchev–Trinajstić information content (AvgIpc) is 2.86. The molecule has 0 aliphatic rings. The molecule has 2 aromatic heterocycles. The van der Waals surface area contributed by atoms with Gasteiger partial charge < -0.3 is 14.5 Å². The van der Waals surface area contributed by atoms with Gasteiger partial charge in [0.1, 0.15) is 11.3 Å². The van der Waals surface area contributed by atoms with E-state index in [4.69, 9.17) is 16.7 Å². The fourth-order valence-electron chi connectivity index (χ4n) is 2.33. The third-order valence-corrected chi connectivity index (χ3v) is 3.55. The Morgan fingerprint density at radius 3 is 2.86 bits per heavy atom. The van der Waals surface area contributed by atoms with Crippen LogP contribution in [-0.4, -0.2) is 20.5 Å². The van der Waals surface area contributed by atoms with E-state index in [2.05, 4.69) is 4.98 Å². The molecule has 3 aromatic rings. The van der Waals surface area contributed by atoms with Crippen molar-refractivity contribution in [2.75, 3.05) is 0 Å². The van der Waals surface area contributed by atoms with E-state index in [1.165, 1.54) is 24.4 Å². The second kappa shape index (κ2) is 5.31. The Kier molecular flexibility index (Phi) is 3.46. The van der Waals surface area contributed by atoms with Crippen molar-refractivity contribution in [3.05, 3.63) is 74.7 Å². The molecule has 22 heavy (non-hydrogen) atoms. The third kappa shape index (κ3) is 2.48. The monoisotopic (exact) mass is 320 g/mol. The Morgan fingerprint density at radius 2 is 2.14 bits per heavy atom. The molecule has 3 rings (SSSR count). The third-order valence-electron chi connectivity index (χ3n) is 3.34. The van der Waals surface area contributed by atoms with Crippen molar-refractivity contribution in [2.24, 2.45) is 0 Å². The van der Waals surface area contributed by atoms with Gasteiger partial charge in [0.15, 0.2) is 0 Å². The lowest BCUT2D eigenvalue weighted by Crippen LogP contribution is -2.12. The van der Waals surface area contributed by atoms with Crippen LogP contribution in [0.15, 0.2) is 41.5 Å². The molecule has 1 aromatic carbocycles. The number of carbonyl (C=O) groups is 1. The Balaban J connectivity index is 2.07. The maximum Gasteiger partial charge on any atom is 0.338 e. The van der Waals surface area contributed by atoms with Crippen LogP contribution in [0.25, 0.3) is 5.52 Å². The standard InChI is InChI=1S/C15H10ClFN2O3/c16-9-5-13-14(20)18-6-10(19(13)7-9)3-8-1-2-12(17)11(4-8)15(21)22/h1-2,4-7H,3H2,(H,18,20)(H,21,22). The van der Waals surface area contributed by atoms with Crippen LogP contribution in [0.5, 0.6) is 0 Å². The van der Waals surface area contributed by atoms with Crippen LogP contribution in [0.2, 0.25) is 5.02 Å². The summed E-state index contributed by atoms with van der Waals surface area (Å²) in [6, 6.07) is 5.44. The van der Waals surface area contributed by atoms with Gasteiger partial charge in [-0.05, 0) is 23.8 Å². The summed E-state index contributed by atoms with van der Waals surface area (Å²) in [4.78, 5) is 25.3. The molecular formula is C15H10ClFN2O3. The Bertz CT molecular complexity index is 946. The molecule has 0 saturated heterocycles. The molecule has 0 atom stereocenters. The minimum atomic E-state index is -1.32. The summed E-state index contributed by atoms with van der Waals surface area (Å²) in [7, 11) is 0. The zero-order valence-corrected chi connectivity index (χ0v) is 11.9. The van der Waals surface area contributed by atoms with E-state index in [1.54, 1.807) is 10.6 Å². The van der Waals surface area contributed by atoms with Crippen molar-refractivity contribution in [2.45, 2.75) is 6.42 Å². The van der Waals surface area contributed by atoms with Gasteiger partial charge in [0.05, 0.1) is 10.6 Å². The van der Waals surface area contributed by atoms with Crippen molar-refractivity contribution in [3.63, 3.8) is 0 Å². The minimum Gasteiger partial charge on any atom is -0.478 e. The van der Waals surface area contributed by atoms with Gasteiger partial charge in [-0.25, -0.2) is 9.18 Å². The largest absolute Gasteiger partial charge is 0.478 e. The first-order valence-electron chi connectivity index (χ1n) is 6.35. The van der Waals surface area contributed by atoms with E-state index < -0.39 is 11.8 Å². The van der Waals surface area contributed by atoms with Crippen LogP contribution in [0, 0.1) is 5.82 Å². The van der Waals surface area contributed by atoms with Crippen molar-refractivity contribution < 1.29 is 14.3 Å². The smallest absolute Gasteiger partial charge is 0.338 e. The zero-order valence-electron chi connectivity index (χ0n) is 11.1. The molecule has 0 spiro atoms. The lowest BCUT2D eigenvalue weighted by atomic mass is 10.1. The molecule has 7 heteroatoms.